The van der Waals surface area contributed by atoms with Crippen molar-refractivity contribution >= 4 is 0 Å². The lowest BCUT2D eigenvalue weighted by molar-refractivity contribution is 0.239. The summed E-state index contributed by atoms with van der Waals surface area (Å²) in [4.78, 5) is 2.63. The highest BCUT2D eigenvalue weighted by Crippen LogP contribution is 2.39. The van der Waals surface area contributed by atoms with E-state index in [1.165, 1.54) is 43.5 Å². The summed E-state index contributed by atoms with van der Waals surface area (Å²) in [6.45, 7) is 2.39. The van der Waals surface area contributed by atoms with E-state index in [2.05, 4.69) is 35.5 Å². The molecule has 2 atom stereocenters. The van der Waals surface area contributed by atoms with E-state index < -0.39 is 0 Å². The van der Waals surface area contributed by atoms with Gasteiger partial charge in [0.1, 0.15) is 5.75 Å². The minimum Gasteiger partial charge on any atom is -0.497 e. The van der Waals surface area contributed by atoms with Gasteiger partial charge in [-0.15, -0.1) is 0 Å². The van der Waals surface area contributed by atoms with Crippen LogP contribution in [0.15, 0.2) is 18.2 Å². The Morgan fingerprint density at radius 2 is 2.22 bits per heavy atom. The molecule has 3 rings (SSSR count). The van der Waals surface area contributed by atoms with Gasteiger partial charge >= 0.3 is 0 Å². The fourth-order valence-corrected chi connectivity index (χ4v) is 3.37. The van der Waals surface area contributed by atoms with E-state index in [0.717, 1.165) is 5.75 Å². The Hall–Kier alpha value is -1.06. The summed E-state index contributed by atoms with van der Waals surface area (Å²) in [7, 11) is 3.82. The second-order valence-corrected chi connectivity index (χ2v) is 5.39. The molecule has 2 unspecified atom stereocenters. The molecular formula is C15H22N2O. The van der Waals surface area contributed by atoms with Crippen molar-refractivity contribution in [2.45, 2.75) is 31.3 Å². The maximum atomic E-state index is 5.36. The predicted molar refractivity (Wildman–Crippen MR) is 73.1 cm³/mol. The highest BCUT2D eigenvalue weighted by molar-refractivity contribution is 5.41. The normalized spacial score (nSPS) is 27.4. The average Bonchev–Trinajstić information content (AvgIpc) is 3.03. The van der Waals surface area contributed by atoms with Gasteiger partial charge in [0.2, 0.25) is 0 Å². The quantitative estimate of drug-likeness (QED) is 0.882. The number of likely N-dealkylation sites (tertiary alicyclic amines) is 1. The van der Waals surface area contributed by atoms with E-state index in [4.69, 9.17) is 4.74 Å². The Kier molecular flexibility index (Phi) is 3.27. The van der Waals surface area contributed by atoms with Crippen molar-refractivity contribution in [3.8, 4) is 5.75 Å². The molecule has 0 spiro atoms. The highest BCUT2D eigenvalue weighted by atomic mass is 16.5. The topological polar surface area (TPSA) is 24.5 Å². The summed E-state index contributed by atoms with van der Waals surface area (Å²) in [6.07, 6.45) is 3.75. The summed E-state index contributed by atoms with van der Waals surface area (Å²) in [6, 6.07) is 7.83. The van der Waals surface area contributed by atoms with Gasteiger partial charge in [-0.2, -0.15) is 0 Å². The summed E-state index contributed by atoms with van der Waals surface area (Å²) in [5, 5.41) is 3.40. The van der Waals surface area contributed by atoms with Crippen molar-refractivity contribution in [3.05, 3.63) is 29.3 Å². The molecule has 1 aliphatic carbocycles. The summed E-state index contributed by atoms with van der Waals surface area (Å²) >= 11 is 0. The first-order valence-corrected chi connectivity index (χ1v) is 6.90. The molecule has 1 fully saturated rings. The molecule has 1 aromatic rings. The molecule has 1 N–H and O–H groups in total. The number of benzene rings is 1. The van der Waals surface area contributed by atoms with Crippen molar-refractivity contribution in [1.29, 1.82) is 0 Å². The number of nitrogens with zero attached hydrogens (tertiary/aromatic N) is 1. The van der Waals surface area contributed by atoms with Gasteiger partial charge in [0.15, 0.2) is 0 Å². The molecular weight excluding hydrogens is 224 g/mol. The SMILES string of the molecule is CNC1CCN(C2CCc3ccc(OC)cc32)C1. The Morgan fingerprint density at radius 3 is 2.94 bits per heavy atom. The van der Waals surface area contributed by atoms with Crippen LogP contribution in [0.2, 0.25) is 0 Å². The lowest BCUT2D eigenvalue weighted by Crippen LogP contribution is -2.31. The fraction of sp³-hybridized carbons (Fsp3) is 0.600. The van der Waals surface area contributed by atoms with Crippen molar-refractivity contribution in [2.24, 2.45) is 0 Å². The number of likely N-dealkylation sites (N-methyl/N-ethyl adjacent to an activating group) is 1. The molecule has 0 saturated carbocycles. The van der Waals surface area contributed by atoms with E-state index in [0.29, 0.717) is 12.1 Å². The van der Waals surface area contributed by atoms with Gasteiger partial charge < -0.3 is 10.1 Å². The van der Waals surface area contributed by atoms with Gasteiger partial charge in [-0.05, 0) is 49.6 Å². The molecule has 1 heterocycles. The van der Waals surface area contributed by atoms with Crippen LogP contribution in [0.1, 0.15) is 30.0 Å². The predicted octanol–water partition coefficient (Wildman–Crippen LogP) is 1.98. The fourth-order valence-electron chi connectivity index (χ4n) is 3.37. The van der Waals surface area contributed by atoms with Crippen molar-refractivity contribution < 1.29 is 4.74 Å². The standard InChI is InChI=1S/C15H22N2O/c1-16-12-7-8-17(10-12)15-6-4-11-3-5-13(18-2)9-14(11)15/h3,5,9,12,15-16H,4,6-8,10H2,1-2H3. The largest absolute Gasteiger partial charge is 0.497 e. The zero-order valence-corrected chi connectivity index (χ0v) is 11.3. The molecule has 0 radical (unpaired) electrons. The molecule has 3 heteroatoms. The van der Waals surface area contributed by atoms with Gasteiger partial charge in [-0.25, -0.2) is 0 Å². The summed E-state index contributed by atoms with van der Waals surface area (Å²) < 4.78 is 5.36. The van der Waals surface area contributed by atoms with E-state index in [1.807, 2.05) is 0 Å². The Morgan fingerprint density at radius 1 is 1.33 bits per heavy atom. The number of fused-ring (bicyclic) bond motifs is 1. The number of ether oxygens (including phenoxy) is 1. The van der Waals surface area contributed by atoms with E-state index >= 15 is 0 Å². The minimum atomic E-state index is 0.605. The van der Waals surface area contributed by atoms with Crippen molar-refractivity contribution in [2.75, 3.05) is 27.2 Å². The second-order valence-electron chi connectivity index (χ2n) is 5.39. The molecule has 1 aromatic carbocycles. The van der Waals surface area contributed by atoms with E-state index in [9.17, 15) is 0 Å². The Balaban J connectivity index is 1.81. The lowest BCUT2D eigenvalue weighted by Gasteiger charge is -2.25. The molecule has 1 aliphatic heterocycles. The van der Waals surface area contributed by atoms with Crippen LogP contribution in [-0.4, -0.2) is 38.2 Å². The lowest BCUT2D eigenvalue weighted by atomic mass is 10.1. The van der Waals surface area contributed by atoms with Crippen LogP contribution in [-0.2, 0) is 6.42 Å². The van der Waals surface area contributed by atoms with E-state index in [1.54, 1.807) is 7.11 Å². The number of nitrogens with one attached hydrogen (secondary N) is 1. The van der Waals surface area contributed by atoms with Crippen LogP contribution in [0.4, 0.5) is 0 Å². The summed E-state index contributed by atoms with van der Waals surface area (Å²) in [5.41, 5.74) is 3.00. The first-order chi connectivity index (χ1) is 8.81. The monoisotopic (exact) mass is 246 g/mol. The molecule has 0 aromatic heterocycles. The smallest absolute Gasteiger partial charge is 0.119 e. The number of rotatable bonds is 3. The van der Waals surface area contributed by atoms with Gasteiger partial charge in [0.25, 0.3) is 0 Å². The zero-order valence-electron chi connectivity index (χ0n) is 11.3. The average molecular weight is 246 g/mol. The molecule has 1 saturated heterocycles. The number of hydrogen-bond donors (Lipinski definition) is 1. The second kappa shape index (κ2) is 4.90. The van der Waals surface area contributed by atoms with Crippen molar-refractivity contribution in [3.63, 3.8) is 0 Å². The number of aryl methyl sites for hydroxylation is 1. The third-order valence-corrected chi connectivity index (χ3v) is 4.47. The number of methoxy groups -OCH3 is 1. The van der Waals surface area contributed by atoms with Crippen molar-refractivity contribution in [1.82, 2.24) is 10.2 Å². The third kappa shape index (κ3) is 2.02. The molecule has 0 bridgehead atoms. The van der Waals surface area contributed by atoms with Crippen LogP contribution in [0, 0.1) is 0 Å². The molecule has 2 aliphatic rings. The van der Waals surface area contributed by atoms with Crippen LogP contribution in [0.5, 0.6) is 5.75 Å². The third-order valence-electron chi connectivity index (χ3n) is 4.47. The van der Waals surface area contributed by atoms with Gasteiger partial charge in [-0.1, -0.05) is 6.07 Å². The Bertz CT molecular complexity index is 433. The zero-order chi connectivity index (χ0) is 12.5. The highest BCUT2D eigenvalue weighted by Gasteiger charge is 2.32. The van der Waals surface area contributed by atoms with E-state index in [-0.39, 0.29) is 0 Å². The molecule has 0 amide bonds. The van der Waals surface area contributed by atoms with Gasteiger partial charge in [0.05, 0.1) is 7.11 Å². The molecule has 3 nitrogen and oxygen atoms in total. The molecule has 98 valence electrons. The van der Waals surface area contributed by atoms with Crippen LogP contribution >= 0.6 is 0 Å². The van der Waals surface area contributed by atoms with Gasteiger partial charge in [-0.3, -0.25) is 4.90 Å². The Labute approximate surface area is 109 Å². The van der Waals surface area contributed by atoms with Crippen LogP contribution in [0.25, 0.3) is 0 Å². The minimum absolute atomic E-state index is 0.605. The maximum Gasteiger partial charge on any atom is 0.119 e. The first-order valence-electron chi connectivity index (χ1n) is 6.90. The van der Waals surface area contributed by atoms with Crippen LogP contribution < -0.4 is 10.1 Å². The molecule has 18 heavy (non-hydrogen) atoms. The first kappa shape index (κ1) is 12.0. The van der Waals surface area contributed by atoms with Crippen LogP contribution in [0.3, 0.4) is 0 Å². The summed E-state index contributed by atoms with van der Waals surface area (Å²) in [5.74, 6) is 0.991. The number of hydrogen-bond acceptors (Lipinski definition) is 3. The maximum absolute atomic E-state index is 5.36. The van der Waals surface area contributed by atoms with Gasteiger partial charge in [0, 0.05) is 25.2 Å².